The quantitative estimate of drug-likeness (QED) is 0.565. The van der Waals surface area contributed by atoms with Crippen LogP contribution in [0.4, 0.5) is 11.4 Å². The van der Waals surface area contributed by atoms with Crippen LogP contribution in [0.1, 0.15) is 10.5 Å². The molecule has 0 aliphatic heterocycles. The van der Waals surface area contributed by atoms with E-state index >= 15 is 0 Å². The van der Waals surface area contributed by atoms with Gasteiger partial charge >= 0.3 is 5.97 Å². The van der Waals surface area contributed by atoms with Crippen LogP contribution >= 0.6 is 11.6 Å². The number of hydrogen-bond donors (Lipinski definition) is 1. The summed E-state index contributed by atoms with van der Waals surface area (Å²) in [7, 11) is 1.22. The highest BCUT2D eigenvalue weighted by Crippen LogP contribution is 2.21. The average molecular weight is 357 g/mol. The Balaban J connectivity index is 2.08. The van der Waals surface area contributed by atoms with Crippen molar-refractivity contribution >= 4 is 28.9 Å². The molecule has 0 radical (unpaired) electrons. The maximum atomic E-state index is 12.6. The van der Waals surface area contributed by atoms with Gasteiger partial charge in [0.25, 0.3) is 5.56 Å². The number of esters is 1. The number of carbonyl (C=O) groups is 1. The van der Waals surface area contributed by atoms with Gasteiger partial charge < -0.3 is 4.74 Å². The molecule has 0 amide bonds. The minimum atomic E-state index is -0.711. The molecular formula is C17H13ClN4O3. The van der Waals surface area contributed by atoms with E-state index < -0.39 is 11.5 Å². The molecule has 3 rings (SSSR count). The standard InChI is InChI=1S/C17H13ClN4O3/c1-25-17(24)15-14(20-19-12-9-7-11(18)8-10-12)16(23)22(21-15)13-5-3-2-4-6-13/h2-10,21H,1H3. The lowest BCUT2D eigenvalue weighted by Crippen LogP contribution is -2.13. The van der Waals surface area contributed by atoms with E-state index in [2.05, 4.69) is 15.3 Å². The van der Waals surface area contributed by atoms with Crippen LogP contribution in [-0.2, 0) is 4.74 Å². The summed E-state index contributed by atoms with van der Waals surface area (Å²) in [4.78, 5) is 24.6. The minimum Gasteiger partial charge on any atom is -0.464 e. The fraction of sp³-hybridized carbons (Fsp3) is 0.0588. The molecule has 0 saturated carbocycles. The topological polar surface area (TPSA) is 88.8 Å². The van der Waals surface area contributed by atoms with Crippen molar-refractivity contribution in [3.63, 3.8) is 0 Å². The lowest BCUT2D eigenvalue weighted by atomic mass is 10.3. The lowest BCUT2D eigenvalue weighted by molar-refractivity contribution is 0.0594. The Morgan fingerprint density at radius 1 is 1.08 bits per heavy atom. The molecule has 0 bridgehead atoms. The molecule has 2 aromatic carbocycles. The van der Waals surface area contributed by atoms with Crippen molar-refractivity contribution in [3.8, 4) is 5.69 Å². The first-order valence-corrected chi connectivity index (χ1v) is 7.64. The Hall–Kier alpha value is -3.19. The molecule has 0 saturated heterocycles. The average Bonchev–Trinajstić information content (AvgIpc) is 2.98. The van der Waals surface area contributed by atoms with E-state index in [4.69, 9.17) is 16.3 Å². The van der Waals surface area contributed by atoms with E-state index in [0.717, 1.165) is 0 Å². The van der Waals surface area contributed by atoms with Crippen molar-refractivity contribution < 1.29 is 9.53 Å². The zero-order valence-electron chi connectivity index (χ0n) is 13.1. The number of nitrogens with one attached hydrogen (secondary N) is 1. The van der Waals surface area contributed by atoms with E-state index in [0.29, 0.717) is 16.4 Å². The van der Waals surface area contributed by atoms with Gasteiger partial charge in [0.05, 0.1) is 18.5 Å². The van der Waals surface area contributed by atoms with Gasteiger partial charge in [-0.2, -0.15) is 5.11 Å². The highest BCUT2D eigenvalue weighted by Gasteiger charge is 2.21. The smallest absolute Gasteiger partial charge is 0.358 e. The zero-order chi connectivity index (χ0) is 17.8. The Labute approximate surface area is 147 Å². The van der Waals surface area contributed by atoms with E-state index in [1.54, 1.807) is 48.5 Å². The van der Waals surface area contributed by atoms with E-state index in [-0.39, 0.29) is 11.4 Å². The first-order chi connectivity index (χ1) is 12.1. The highest BCUT2D eigenvalue weighted by atomic mass is 35.5. The van der Waals surface area contributed by atoms with E-state index in [1.165, 1.54) is 11.8 Å². The monoisotopic (exact) mass is 356 g/mol. The molecule has 126 valence electrons. The number of H-pyrrole nitrogens is 1. The van der Waals surface area contributed by atoms with Crippen molar-refractivity contribution in [2.24, 2.45) is 10.2 Å². The molecule has 3 aromatic rings. The third kappa shape index (κ3) is 3.51. The summed E-state index contributed by atoms with van der Waals surface area (Å²) in [6, 6.07) is 15.4. The maximum absolute atomic E-state index is 12.6. The Kier molecular flexibility index (Phi) is 4.76. The van der Waals surface area contributed by atoms with Gasteiger partial charge in [-0.15, -0.1) is 5.11 Å². The van der Waals surface area contributed by atoms with Crippen LogP contribution in [0.2, 0.25) is 5.02 Å². The van der Waals surface area contributed by atoms with Crippen molar-refractivity contribution in [2.75, 3.05) is 7.11 Å². The summed E-state index contributed by atoms with van der Waals surface area (Å²) in [5.41, 5.74) is 0.335. The molecule has 1 heterocycles. The summed E-state index contributed by atoms with van der Waals surface area (Å²) >= 11 is 5.82. The number of aromatic amines is 1. The number of benzene rings is 2. The zero-order valence-corrected chi connectivity index (χ0v) is 13.9. The number of azo groups is 1. The summed E-state index contributed by atoms with van der Waals surface area (Å²) < 4.78 is 5.92. The van der Waals surface area contributed by atoms with Crippen LogP contribution in [0, 0.1) is 0 Å². The largest absolute Gasteiger partial charge is 0.464 e. The number of halogens is 1. The molecule has 7 nitrogen and oxygen atoms in total. The molecule has 0 unspecified atom stereocenters. The first-order valence-electron chi connectivity index (χ1n) is 7.26. The number of hydrogen-bond acceptors (Lipinski definition) is 5. The van der Waals surface area contributed by atoms with Crippen molar-refractivity contribution in [3.05, 3.63) is 75.7 Å². The highest BCUT2D eigenvalue weighted by molar-refractivity contribution is 6.30. The van der Waals surface area contributed by atoms with Crippen LogP contribution in [0.25, 0.3) is 5.69 Å². The molecule has 1 aromatic heterocycles. The van der Waals surface area contributed by atoms with Gasteiger partial charge in [-0.1, -0.05) is 29.8 Å². The normalized spacial score (nSPS) is 11.0. The summed E-state index contributed by atoms with van der Waals surface area (Å²) in [5, 5.41) is 11.2. The van der Waals surface area contributed by atoms with Crippen molar-refractivity contribution in [2.45, 2.75) is 0 Å². The lowest BCUT2D eigenvalue weighted by Gasteiger charge is -2.00. The molecule has 0 spiro atoms. The molecule has 25 heavy (non-hydrogen) atoms. The summed E-state index contributed by atoms with van der Waals surface area (Å²) in [5.74, 6) is -0.711. The number of aromatic nitrogens is 2. The maximum Gasteiger partial charge on any atom is 0.358 e. The third-order valence-corrected chi connectivity index (χ3v) is 3.61. The molecular weight excluding hydrogens is 344 g/mol. The molecule has 0 fully saturated rings. The second-order valence-electron chi connectivity index (χ2n) is 4.98. The molecule has 0 aliphatic rings. The molecule has 8 heteroatoms. The van der Waals surface area contributed by atoms with Gasteiger partial charge in [0, 0.05) is 5.02 Å². The van der Waals surface area contributed by atoms with Gasteiger partial charge in [-0.25, -0.2) is 9.48 Å². The number of carbonyl (C=O) groups excluding carboxylic acids is 1. The van der Waals surface area contributed by atoms with Crippen molar-refractivity contribution in [1.29, 1.82) is 0 Å². The fourth-order valence-electron chi connectivity index (χ4n) is 2.14. The summed E-state index contributed by atoms with van der Waals surface area (Å²) in [6.45, 7) is 0. The Morgan fingerprint density at radius 3 is 2.40 bits per heavy atom. The predicted octanol–water partition coefficient (Wildman–Crippen LogP) is 4.02. The number of rotatable bonds is 4. The second-order valence-corrected chi connectivity index (χ2v) is 5.42. The van der Waals surface area contributed by atoms with Gasteiger partial charge in [-0.05, 0) is 36.4 Å². The fourth-order valence-corrected chi connectivity index (χ4v) is 2.27. The van der Waals surface area contributed by atoms with Crippen LogP contribution in [0.15, 0.2) is 69.6 Å². The Bertz CT molecular complexity index is 975. The number of para-hydroxylation sites is 1. The van der Waals surface area contributed by atoms with Crippen LogP contribution < -0.4 is 5.56 Å². The number of methoxy groups -OCH3 is 1. The van der Waals surface area contributed by atoms with E-state index in [1.807, 2.05) is 6.07 Å². The van der Waals surface area contributed by atoms with Crippen LogP contribution in [0.3, 0.4) is 0 Å². The molecule has 0 atom stereocenters. The van der Waals surface area contributed by atoms with E-state index in [9.17, 15) is 9.59 Å². The van der Waals surface area contributed by atoms with Gasteiger partial charge in [0.2, 0.25) is 0 Å². The van der Waals surface area contributed by atoms with Crippen LogP contribution in [-0.4, -0.2) is 22.9 Å². The molecule has 0 aliphatic carbocycles. The van der Waals surface area contributed by atoms with Crippen molar-refractivity contribution in [1.82, 2.24) is 9.78 Å². The SMILES string of the molecule is COC(=O)c1[nH]n(-c2ccccc2)c(=O)c1N=Nc1ccc(Cl)cc1. The minimum absolute atomic E-state index is 0.0749. The van der Waals surface area contributed by atoms with Crippen LogP contribution in [0.5, 0.6) is 0 Å². The van der Waals surface area contributed by atoms with Gasteiger partial charge in [0.1, 0.15) is 0 Å². The van der Waals surface area contributed by atoms with Gasteiger partial charge in [-0.3, -0.25) is 9.89 Å². The van der Waals surface area contributed by atoms with Gasteiger partial charge in [0.15, 0.2) is 11.4 Å². The second kappa shape index (κ2) is 7.14. The number of ether oxygens (including phenoxy) is 1. The molecule has 1 N–H and O–H groups in total. The Morgan fingerprint density at radius 2 is 1.76 bits per heavy atom. The third-order valence-electron chi connectivity index (χ3n) is 3.36. The first kappa shape index (κ1) is 16.7. The number of nitrogens with zero attached hydrogens (tertiary/aromatic N) is 3. The predicted molar refractivity (Wildman–Crippen MR) is 93.4 cm³/mol. The summed E-state index contributed by atoms with van der Waals surface area (Å²) in [6.07, 6.45) is 0.